The molecule has 0 bridgehead atoms. The van der Waals surface area contributed by atoms with Crippen LogP contribution in [0.25, 0.3) is 0 Å². The third-order valence-electron chi connectivity index (χ3n) is 2.42. The van der Waals surface area contributed by atoms with Gasteiger partial charge in [0.25, 0.3) is 0 Å². The molecule has 90 valence electrons. The van der Waals surface area contributed by atoms with E-state index in [4.69, 9.17) is 4.74 Å². The van der Waals surface area contributed by atoms with Crippen molar-refractivity contribution in [3.05, 3.63) is 32.6 Å². The Morgan fingerprint density at radius 3 is 2.53 bits per heavy atom. The lowest BCUT2D eigenvalue weighted by Crippen LogP contribution is -1.94. The lowest BCUT2D eigenvalue weighted by Gasteiger charge is -2.06. The second-order valence-electron chi connectivity index (χ2n) is 3.67. The van der Waals surface area contributed by atoms with Crippen LogP contribution in [0.5, 0.6) is 11.6 Å². The van der Waals surface area contributed by atoms with Crippen molar-refractivity contribution in [3.63, 3.8) is 0 Å². The fourth-order valence-electron chi connectivity index (χ4n) is 1.48. The van der Waals surface area contributed by atoms with Gasteiger partial charge in [0.15, 0.2) is 5.75 Å². The summed E-state index contributed by atoms with van der Waals surface area (Å²) in [4.78, 5) is 4.21. The molecule has 0 aliphatic heterocycles. The van der Waals surface area contributed by atoms with E-state index in [1.165, 1.54) is 0 Å². The molecule has 0 fully saturated rings. The van der Waals surface area contributed by atoms with Crippen molar-refractivity contribution in [2.45, 2.75) is 13.8 Å². The Balaban J connectivity index is 2.38. The van der Waals surface area contributed by atoms with E-state index in [0.29, 0.717) is 5.88 Å². The molecular formula is C11H11Br2N3O. The number of hydrogen-bond acceptors (Lipinski definition) is 3. The fraction of sp³-hybridized carbons (Fsp3) is 0.273. The summed E-state index contributed by atoms with van der Waals surface area (Å²) >= 11 is 6.77. The van der Waals surface area contributed by atoms with Crippen LogP contribution in [0, 0.1) is 13.8 Å². The Morgan fingerprint density at radius 1 is 1.29 bits per heavy atom. The first-order chi connectivity index (χ1) is 7.99. The molecule has 0 aliphatic carbocycles. The van der Waals surface area contributed by atoms with E-state index >= 15 is 0 Å². The van der Waals surface area contributed by atoms with Gasteiger partial charge < -0.3 is 4.74 Å². The number of halogens is 2. The molecular weight excluding hydrogens is 350 g/mol. The van der Waals surface area contributed by atoms with Gasteiger partial charge in [-0.05, 0) is 51.8 Å². The van der Waals surface area contributed by atoms with Gasteiger partial charge >= 0.3 is 0 Å². The second-order valence-corrected chi connectivity index (χ2v) is 5.44. The molecule has 2 heterocycles. The minimum absolute atomic E-state index is 0.535. The van der Waals surface area contributed by atoms with Crippen molar-refractivity contribution >= 4 is 31.9 Å². The zero-order valence-electron chi connectivity index (χ0n) is 9.66. The second kappa shape index (κ2) is 4.78. The number of hydrogen-bond donors (Lipinski definition) is 0. The summed E-state index contributed by atoms with van der Waals surface area (Å²) < 4.78 is 9.27. The molecule has 0 radical (unpaired) electrons. The molecule has 0 unspecified atom stereocenters. The van der Waals surface area contributed by atoms with Crippen molar-refractivity contribution in [2.75, 3.05) is 0 Å². The largest absolute Gasteiger partial charge is 0.434 e. The highest BCUT2D eigenvalue weighted by molar-refractivity contribution is 9.11. The quantitative estimate of drug-likeness (QED) is 0.818. The maximum atomic E-state index is 5.78. The van der Waals surface area contributed by atoms with Crippen LogP contribution in [-0.4, -0.2) is 14.8 Å². The van der Waals surface area contributed by atoms with E-state index in [0.717, 1.165) is 26.1 Å². The minimum Gasteiger partial charge on any atom is -0.434 e. The number of rotatable bonds is 2. The van der Waals surface area contributed by atoms with Crippen molar-refractivity contribution < 1.29 is 4.74 Å². The Morgan fingerprint density at radius 2 is 2.00 bits per heavy atom. The van der Waals surface area contributed by atoms with Gasteiger partial charge in [-0.15, -0.1) is 0 Å². The SMILES string of the molecule is Cc1nn(C)c(C)c1Oc1ncc(Br)cc1Br. The standard InChI is InChI=1S/C11H11Br2N3O/c1-6-10(7(2)16(3)15-6)17-11-9(13)4-8(12)5-14-11/h4-5H,1-3H3. The number of ether oxygens (including phenoxy) is 1. The highest BCUT2D eigenvalue weighted by Gasteiger charge is 2.14. The predicted molar refractivity (Wildman–Crippen MR) is 72.4 cm³/mol. The number of aryl methyl sites for hydroxylation is 2. The Hall–Kier alpha value is -0.880. The molecule has 0 aromatic carbocycles. The highest BCUT2D eigenvalue weighted by atomic mass is 79.9. The van der Waals surface area contributed by atoms with Crippen molar-refractivity contribution in [1.29, 1.82) is 0 Å². The molecule has 0 atom stereocenters. The van der Waals surface area contributed by atoms with Gasteiger partial charge in [0, 0.05) is 17.7 Å². The van der Waals surface area contributed by atoms with Gasteiger partial charge in [-0.2, -0.15) is 5.10 Å². The zero-order chi connectivity index (χ0) is 12.6. The van der Waals surface area contributed by atoms with E-state index in [2.05, 4.69) is 41.9 Å². The first-order valence-corrected chi connectivity index (χ1v) is 6.56. The highest BCUT2D eigenvalue weighted by Crippen LogP contribution is 2.32. The molecule has 2 aromatic heterocycles. The summed E-state index contributed by atoms with van der Waals surface area (Å²) in [5.41, 5.74) is 1.82. The maximum Gasteiger partial charge on any atom is 0.233 e. The van der Waals surface area contributed by atoms with Crippen LogP contribution in [0.3, 0.4) is 0 Å². The van der Waals surface area contributed by atoms with Gasteiger partial charge in [-0.25, -0.2) is 4.98 Å². The van der Waals surface area contributed by atoms with Gasteiger partial charge in [0.2, 0.25) is 5.88 Å². The number of aromatic nitrogens is 3. The van der Waals surface area contributed by atoms with Crippen molar-refractivity contribution in [2.24, 2.45) is 7.05 Å². The summed E-state index contributed by atoms with van der Waals surface area (Å²) in [7, 11) is 1.89. The fourth-order valence-corrected chi connectivity index (χ4v) is 2.54. The van der Waals surface area contributed by atoms with Gasteiger partial charge in [-0.3, -0.25) is 4.68 Å². The van der Waals surface area contributed by atoms with Crippen LogP contribution < -0.4 is 4.74 Å². The summed E-state index contributed by atoms with van der Waals surface area (Å²) in [6.07, 6.45) is 1.70. The van der Waals surface area contributed by atoms with E-state index in [1.807, 2.05) is 27.0 Å². The molecule has 2 rings (SSSR count). The van der Waals surface area contributed by atoms with Crippen LogP contribution in [0.1, 0.15) is 11.4 Å². The number of nitrogens with zero attached hydrogens (tertiary/aromatic N) is 3. The van der Waals surface area contributed by atoms with Gasteiger partial charge in [0.05, 0.1) is 10.2 Å². The third kappa shape index (κ3) is 2.52. The average molecular weight is 361 g/mol. The molecule has 6 heteroatoms. The first kappa shape index (κ1) is 12.6. The van der Waals surface area contributed by atoms with E-state index in [-0.39, 0.29) is 0 Å². The lowest BCUT2D eigenvalue weighted by atomic mass is 10.3. The lowest BCUT2D eigenvalue weighted by molar-refractivity contribution is 0.452. The van der Waals surface area contributed by atoms with E-state index in [1.54, 1.807) is 10.9 Å². The van der Waals surface area contributed by atoms with Crippen LogP contribution in [0.4, 0.5) is 0 Å². The third-order valence-corrected chi connectivity index (χ3v) is 3.42. The summed E-state index contributed by atoms with van der Waals surface area (Å²) in [6, 6.07) is 1.89. The molecule has 0 amide bonds. The Bertz CT molecular complexity index is 566. The van der Waals surface area contributed by atoms with Crippen LogP contribution >= 0.6 is 31.9 Å². The molecule has 17 heavy (non-hydrogen) atoms. The molecule has 4 nitrogen and oxygen atoms in total. The minimum atomic E-state index is 0.535. The monoisotopic (exact) mass is 359 g/mol. The van der Waals surface area contributed by atoms with Gasteiger partial charge in [-0.1, -0.05) is 0 Å². The van der Waals surface area contributed by atoms with Gasteiger partial charge in [0.1, 0.15) is 5.69 Å². The molecule has 0 saturated carbocycles. The van der Waals surface area contributed by atoms with E-state index < -0.39 is 0 Å². The maximum absolute atomic E-state index is 5.78. The average Bonchev–Trinajstić information content (AvgIpc) is 2.48. The molecule has 0 aliphatic rings. The summed E-state index contributed by atoms with van der Waals surface area (Å²) in [5, 5.41) is 4.29. The Kier molecular flexibility index (Phi) is 3.53. The normalized spacial score (nSPS) is 10.6. The summed E-state index contributed by atoms with van der Waals surface area (Å²) in [6.45, 7) is 3.87. The predicted octanol–water partition coefficient (Wildman–Crippen LogP) is 3.75. The Labute approximate surface area is 116 Å². The molecule has 0 saturated heterocycles. The number of pyridine rings is 1. The molecule has 0 N–H and O–H groups in total. The van der Waals surface area contributed by atoms with E-state index in [9.17, 15) is 0 Å². The zero-order valence-corrected chi connectivity index (χ0v) is 12.8. The molecule has 2 aromatic rings. The van der Waals surface area contributed by atoms with Crippen molar-refractivity contribution in [3.8, 4) is 11.6 Å². The van der Waals surface area contributed by atoms with Crippen LogP contribution in [0.15, 0.2) is 21.2 Å². The van der Waals surface area contributed by atoms with Crippen LogP contribution in [-0.2, 0) is 7.05 Å². The van der Waals surface area contributed by atoms with Crippen molar-refractivity contribution in [1.82, 2.24) is 14.8 Å². The smallest absolute Gasteiger partial charge is 0.233 e. The summed E-state index contributed by atoms with van der Waals surface area (Å²) in [5.74, 6) is 1.29. The topological polar surface area (TPSA) is 39.9 Å². The molecule has 0 spiro atoms. The van der Waals surface area contributed by atoms with Crippen LogP contribution in [0.2, 0.25) is 0 Å². The first-order valence-electron chi connectivity index (χ1n) is 4.98.